The molecule has 2 unspecified atom stereocenters. The Bertz CT molecular complexity index is 428. The van der Waals surface area contributed by atoms with Gasteiger partial charge in [0.15, 0.2) is 0 Å². The van der Waals surface area contributed by atoms with Gasteiger partial charge < -0.3 is 15.0 Å². The van der Waals surface area contributed by atoms with Crippen LogP contribution in [-0.2, 0) is 4.74 Å². The molecule has 0 amide bonds. The SMILES string of the molecule is CCC1CC(Nc2ccc(N3CCCCC3)nc2)CCO1. The zero-order chi connectivity index (χ0) is 14.5. The summed E-state index contributed by atoms with van der Waals surface area (Å²) < 4.78 is 5.73. The predicted octanol–water partition coefficient (Wildman–Crippen LogP) is 3.44. The van der Waals surface area contributed by atoms with Crippen LogP contribution in [0.4, 0.5) is 11.5 Å². The number of aromatic nitrogens is 1. The first-order valence-corrected chi connectivity index (χ1v) is 8.44. The van der Waals surface area contributed by atoms with Crippen molar-refractivity contribution in [1.82, 2.24) is 4.98 Å². The summed E-state index contributed by atoms with van der Waals surface area (Å²) in [6, 6.07) is 4.85. The van der Waals surface area contributed by atoms with Crippen molar-refractivity contribution in [1.29, 1.82) is 0 Å². The lowest BCUT2D eigenvalue weighted by molar-refractivity contribution is 0.00925. The first-order chi connectivity index (χ1) is 10.3. The minimum atomic E-state index is 0.414. The Morgan fingerprint density at radius 1 is 1.29 bits per heavy atom. The summed E-state index contributed by atoms with van der Waals surface area (Å²) in [5.41, 5.74) is 1.14. The van der Waals surface area contributed by atoms with Gasteiger partial charge in [0.2, 0.25) is 0 Å². The molecule has 0 radical (unpaired) electrons. The van der Waals surface area contributed by atoms with Crippen molar-refractivity contribution in [2.24, 2.45) is 0 Å². The zero-order valence-corrected chi connectivity index (χ0v) is 13.1. The van der Waals surface area contributed by atoms with Gasteiger partial charge in [-0.3, -0.25) is 0 Å². The topological polar surface area (TPSA) is 37.4 Å². The van der Waals surface area contributed by atoms with Gasteiger partial charge in [0, 0.05) is 25.7 Å². The van der Waals surface area contributed by atoms with Gasteiger partial charge in [-0.1, -0.05) is 6.92 Å². The number of nitrogens with zero attached hydrogens (tertiary/aromatic N) is 2. The summed E-state index contributed by atoms with van der Waals surface area (Å²) in [7, 11) is 0. The van der Waals surface area contributed by atoms with E-state index < -0.39 is 0 Å². The quantitative estimate of drug-likeness (QED) is 0.921. The molecular weight excluding hydrogens is 262 g/mol. The molecule has 1 N–H and O–H groups in total. The lowest BCUT2D eigenvalue weighted by atomic mass is 10.0. The molecule has 2 atom stereocenters. The van der Waals surface area contributed by atoms with Crippen molar-refractivity contribution < 1.29 is 4.74 Å². The third-order valence-electron chi connectivity index (χ3n) is 4.62. The predicted molar refractivity (Wildman–Crippen MR) is 87.0 cm³/mol. The highest BCUT2D eigenvalue weighted by molar-refractivity contribution is 5.49. The maximum atomic E-state index is 5.73. The molecule has 3 heterocycles. The first-order valence-electron chi connectivity index (χ1n) is 8.44. The van der Waals surface area contributed by atoms with E-state index >= 15 is 0 Å². The number of piperidine rings is 1. The van der Waals surface area contributed by atoms with Crippen LogP contribution in [0, 0.1) is 0 Å². The molecule has 2 aliphatic rings. The Hall–Kier alpha value is -1.29. The van der Waals surface area contributed by atoms with Crippen LogP contribution in [0.5, 0.6) is 0 Å². The van der Waals surface area contributed by atoms with Crippen LogP contribution < -0.4 is 10.2 Å². The maximum absolute atomic E-state index is 5.73. The van der Waals surface area contributed by atoms with Gasteiger partial charge in [0.25, 0.3) is 0 Å². The lowest BCUT2D eigenvalue weighted by Crippen LogP contribution is -2.33. The number of hydrogen-bond donors (Lipinski definition) is 1. The molecule has 2 fully saturated rings. The Kier molecular flexibility index (Phi) is 4.96. The molecule has 4 nitrogen and oxygen atoms in total. The number of ether oxygens (including phenoxy) is 1. The van der Waals surface area contributed by atoms with Crippen molar-refractivity contribution in [2.45, 2.75) is 57.6 Å². The number of rotatable bonds is 4. The summed E-state index contributed by atoms with van der Waals surface area (Å²) >= 11 is 0. The van der Waals surface area contributed by atoms with E-state index in [-0.39, 0.29) is 0 Å². The molecule has 116 valence electrons. The normalized spacial score (nSPS) is 26.6. The molecule has 0 spiro atoms. The largest absolute Gasteiger partial charge is 0.381 e. The Morgan fingerprint density at radius 2 is 2.14 bits per heavy atom. The molecule has 21 heavy (non-hydrogen) atoms. The molecule has 1 aromatic heterocycles. The number of anilines is 2. The minimum absolute atomic E-state index is 0.414. The summed E-state index contributed by atoms with van der Waals surface area (Å²) in [5.74, 6) is 1.12. The summed E-state index contributed by atoms with van der Waals surface area (Å²) in [4.78, 5) is 7.04. The summed E-state index contributed by atoms with van der Waals surface area (Å²) in [6.45, 7) is 5.37. The Balaban J connectivity index is 1.56. The van der Waals surface area contributed by atoms with Crippen molar-refractivity contribution in [2.75, 3.05) is 29.9 Å². The fourth-order valence-corrected chi connectivity index (χ4v) is 3.31. The van der Waals surface area contributed by atoms with Gasteiger partial charge in [0.1, 0.15) is 5.82 Å². The van der Waals surface area contributed by atoms with E-state index in [4.69, 9.17) is 4.74 Å². The van der Waals surface area contributed by atoms with Crippen LogP contribution in [0.2, 0.25) is 0 Å². The van der Waals surface area contributed by atoms with Crippen LogP contribution in [0.3, 0.4) is 0 Å². The van der Waals surface area contributed by atoms with Crippen molar-refractivity contribution in [3.8, 4) is 0 Å². The first kappa shape index (κ1) is 14.6. The second-order valence-corrected chi connectivity index (χ2v) is 6.22. The van der Waals surface area contributed by atoms with Gasteiger partial charge >= 0.3 is 0 Å². The summed E-state index contributed by atoms with van der Waals surface area (Å²) in [5, 5.41) is 3.61. The highest BCUT2D eigenvalue weighted by Gasteiger charge is 2.21. The molecule has 1 aromatic rings. The van der Waals surface area contributed by atoms with E-state index in [1.54, 1.807) is 0 Å². The monoisotopic (exact) mass is 289 g/mol. The third-order valence-corrected chi connectivity index (χ3v) is 4.62. The third kappa shape index (κ3) is 3.88. The van der Waals surface area contributed by atoms with Gasteiger partial charge in [-0.05, 0) is 50.7 Å². The molecule has 0 bridgehead atoms. The van der Waals surface area contributed by atoms with Crippen molar-refractivity contribution in [3.63, 3.8) is 0 Å². The van der Waals surface area contributed by atoms with Gasteiger partial charge in [-0.15, -0.1) is 0 Å². The number of nitrogens with one attached hydrogen (secondary N) is 1. The molecule has 2 aliphatic heterocycles. The van der Waals surface area contributed by atoms with Gasteiger partial charge in [-0.2, -0.15) is 0 Å². The zero-order valence-electron chi connectivity index (χ0n) is 13.1. The minimum Gasteiger partial charge on any atom is -0.381 e. The van der Waals surface area contributed by atoms with Crippen molar-refractivity contribution in [3.05, 3.63) is 18.3 Å². The molecule has 0 aromatic carbocycles. The van der Waals surface area contributed by atoms with E-state index in [9.17, 15) is 0 Å². The molecule has 4 heteroatoms. The van der Waals surface area contributed by atoms with E-state index in [0.29, 0.717) is 12.1 Å². The number of hydrogen-bond acceptors (Lipinski definition) is 4. The van der Waals surface area contributed by atoms with Crippen LogP contribution >= 0.6 is 0 Å². The standard InChI is InChI=1S/C17H27N3O/c1-2-16-12-14(8-11-21-16)19-15-6-7-17(18-13-15)20-9-4-3-5-10-20/h6-7,13-14,16,19H,2-5,8-12H2,1H3. The van der Waals surface area contributed by atoms with Crippen molar-refractivity contribution >= 4 is 11.5 Å². The lowest BCUT2D eigenvalue weighted by Gasteiger charge is -2.30. The Labute approximate surface area is 127 Å². The van der Waals surface area contributed by atoms with E-state index in [1.165, 1.54) is 19.3 Å². The molecule has 2 saturated heterocycles. The van der Waals surface area contributed by atoms with E-state index in [0.717, 1.165) is 50.5 Å². The molecule has 0 aliphatic carbocycles. The molecule has 3 rings (SSSR count). The number of pyridine rings is 1. The highest BCUT2D eigenvalue weighted by Crippen LogP contribution is 2.22. The average Bonchev–Trinajstić information content (AvgIpc) is 2.56. The van der Waals surface area contributed by atoms with E-state index in [2.05, 4.69) is 34.3 Å². The van der Waals surface area contributed by atoms with Crippen LogP contribution in [-0.4, -0.2) is 36.8 Å². The fourth-order valence-electron chi connectivity index (χ4n) is 3.31. The fraction of sp³-hybridized carbons (Fsp3) is 0.706. The molecular formula is C17H27N3O. The van der Waals surface area contributed by atoms with E-state index in [1.807, 2.05) is 6.20 Å². The van der Waals surface area contributed by atoms with Crippen LogP contribution in [0.1, 0.15) is 45.4 Å². The summed E-state index contributed by atoms with van der Waals surface area (Å²) in [6.07, 6.45) is 9.64. The van der Waals surface area contributed by atoms with Gasteiger partial charge in [0.05, 0.1) is 18.0 Å². The van der Waals surface area contributed by atoms with Crippen LogP contribution in [0.25, 0.3) is 0 Å². The second kappa shape index (κ2) is 7.12. The average molecular weight is 289 g/mol. The highest BCUT2D eigenvalue weighted by atomic mass is 16.5. The van der Waals surface area contributed by atoms with Crippen LogP contribution in [0.15, 0.2) is 18.3 Å². The van der Waals surface area contributed by atoms with Gasteiger partial charge in [-0.25, -0.2) is 4.98 Å². The molecule has 0 saturated carbocycles. The maximum Gasteiger partial charge on any atom is 0.128 e. The second-order valence-electron chi connectivity index (χ2n) is 6.22. The smallest absolute Gasteiger partial charge is 0.128 e. The Morgan fingerprint density at radius 3 is 2.86 bits per heavy atom.